The van der Waals surface area contributed by atoms with Crippen LogP contribution in [-0.2, 0) is 4.79 Å². The maximum absolute atomic E-state index is 12.4. The van der Waals surface area contributed by atoms with Crippen molar-refractivity contribution in [1.29, 1.82) is 0 Å². The van der Waals surface area contributed by atoms with Crippen LogP contribution < -0.4 is 0 Å². The van der Waals surface area contributed by atoms with Crippen molar-refractivity contribution in [1.82, 2.24) is 9.88 Å². The molecular formula is C19H25ClN2OS. The van der Waals surface area contributed by atoms with Crippen LogP contribution in [0.25, 0.3) is 10.2 Å². The van der Waals surface area contributed by atoms with E-state index in [9.17, 15) is 4.79 Å². The van der Waals surface area contributed by atoms with Crippen LogP contribution >= 0.6 is 22.9 Å². The van der Waals surface area contributed by atoms with E-state index in [4.69, 9.17) is 16.6 Å². The van der Waals surface area contributed by atoms with Gasteiger partial charge in [0.1, 0.15) is 0 Å². The normalized spacial score (nSPS) is 17.4. The largest absolute Gasteiger partial charge is 0.343 e. The molecule has 1 fully saturated rings. The second-order valence-corrected chi connectivity index (χ2v) is 8.42. The van der Waals surface area contributed by atoms with Crippen LogP contribution in [-0.4, -0.2) is 28.9 Å². The second kappa shape index (κ2) is 7.83. The lowest BCUT2D eigenvalue weighted by atomic mass is 9.96. The first-order chi connectivity index (χ1) is 11.6. The Morgan fingerprint density at radius 1 is 1.42 bits per heavy atom. The highest BCUT2D eigenvalue weighted by Gasteiger charge is 2.26. The molecule has 0 aliphatic carbocycles. The van der Waals surface area contributed by atoms with Crippen LogP contribution in [0.2, 0.25) is 5.02 Å². The predicted molar refractivity (Wildman–Crippen MR) is 102 cm³/mol. The van der Waals surface area contributed by atoms with E-state index in [-0.39, 0.29) is 0 Å². The van der Waals surface area contributed by atoms with E-state index in [1.165, 1.54) is 9.71 Å². The molecule has 1 atom stereocenters. The summed E-state index contributed by atoms with van der Waals surface area (Å²) in [5, 5.41) is 1.93. The van der Waals surface area contributed by atoms with Crippen LogP contribution in [0.15, 0.2) is 18.2 Å². The number of fused-ring (bicyclic) bond motifs is 1. The van der Waals surface area contributed by atoms with Gasteiger partial charge in [-0.1, -0.05) is 38.3 Å². The minimum absolute atomic E-state index is 0.325. The number of piperidine rings is 1. The smallest absolute Gasteiger partial charge is 0.222 e. The zero-order chi connectivity index (χ0) is 17.1. The van der Waals surface area contributed by atoms with Crippen LogP contribution in [0.1, 0.15) is 56.9 Å². The Morgan fingerprint density at radius 2 is 2.17 bits per heavy atom. The van der Waals surface area contributed by atoms with E-state index in [0.29, 0.717) is 24.2 Å². The molecule has 0 radical (unpaired) electrons. The standard InChI is InChI=1S/C19H25ClN2OS/c1-3-4-13(2)11-18(23)22-9-7-14(8-10-22)19-21-16-12-15(20)5-6-17(16)24-19/h5-6,12-14H,3-4,7-11H2,1-2H3. The molecule has 5 heteroatoms. The number of carbonyl (C=O) groups is 1. The van der Waals surface area contributed by atoms with E-state index in [1.54, 1.807) is 11.3 Å². The topological polar surface area (TPSA) is 33.2 Å². The minimum Gasteiger partial charge on any atom is -0.343 e. The number of nitrogens with zero attached hydrogens (tertiary/aromatic N) is 2. The molecule has 1 aliphatic rings. The summed E-state index contributed by atoms with van der Waals surface area (Å²) in [6, 6.07) is 5.90. The number of aromatic nitrogens is 1. The van der Waals surface area contributed by atoms with Gasteiger partial charge in [0, 0.05) is 30.5 Å². The molecule has 3 rings (SSSR count). The lowest BCUT2D eigenvalue weighted by Crippen LogP contribution is -2.38. The number of halogens is 1. The molecule has 3 nitrogen and oxygen atoms in total. The molecule has 0 spiro atoms. The number of rotatable bonds is 5. The highest BCUT2D eigenvalue weighted by Crippen LogP contribution is 2.34. The third-order valence-corrected chi connectivity index (χ3v) is 6.30. The van der Waals surface area contributed by atoms with Gasteiger partial charge in [-0.25, -0.2) is 4.98 Å². The fourth-order valence-corrected chi connectivity index (χ4v) is 4.77. The van der Waals surface area contributed by atoms with E-state index in [1.807, 2.05) is 23.1 Å². The molecule has 2 aromatic rings. The minimum atomic E-state index is 0.325. The number of hydrogen-bond donors (Lipinski definition) is 0. The van der Waals surface area contributed by atoms with Crippen LogP contribution in [0, 0.1) is 5.92 Å². The van der Waals surface area contributed by atoms with Crippen molar-refractivity contribution in [3.05, 3.63) is 28.2 Å². The summed E-state index contributed by atoms with van der Waals surface area (Å²) in [7, 11) is 0. The number of benzene rings is 1. The third-order valence-electron chi connectivity index (χ3n) is 4.87. The highest BCUT2D eigenvalue weighted by molar-refractivity contribution is 7.18. The zero-order valence-corrected chi connectivity index (χ0v) is 16.0. The maximum Gasteiger partial charge on any atom is 0.222 e. The van der Waals surface area contributed by atoms with E-state index in [2.05, 4.69) is 13.8 Å². The van der Waals surface area contributed by atoms with Crippen molar-refractivity contribution in [2.75, 3.05) is 13.1 Å². The summed E-state index contributed by atoms with van der Waals surface area (Å²) in [5.74, 6) is 1.29. The van der Waals surface area contributed by atoms with Crippen molar-refractivity contribution in [2.45, 2.75) is 51.9 Å². The monoisotopic (exact) mass is 364 g/mol. The van der Waals surface area contributed by atoms with Gasteiger partial charge in [-0.3, -0.25) is 4.79 Å². The first-order valence-electron chi connectivity index (χ1n) is 8.90. The van der Waals surface area contributed by atoms with Crippen LogP contribution in [0.3, 0.4) is 0 Å². The third kappa shape index (κ3) is 4.09. The first kappa shape index (κ1) is 17.7. The Morgan fingerprint density at radius 3 is 2.88 bits per heavy atom. The summed E-state index contributed by atoms with van der Waals surface area (Å²) in [6.45, 7) is 6.08. The van der Waals surface area contributed by atoms with Gasteiger partial charge in [0.05, 0.1) is 15.2 Å². The van der Waals surface area contributed by atoms with Crippen molar-refractivity contribution in [2.24, 2.45) is 5.92 Å². The molecule has 0 saturated carbocycles. The van der Waals surface area contributed by atoms with Gasteiger partial charge in [0.15, 0.2) is 0 Å². The summed E-state index contributed by atoms with van der Waals surface area (Å²) in [5.41, 5.74) is 0.995. The summed E-state index contributed by atoms with van der Waals surface area (Å²) < 4.78 is 1.20. The highest BCUT2D eigenvalue weighted by atomic mass is 35.5. The van der Waals surface area contributed by atoms with Gasteiger partial charge in [0.2, 0.25) is 5.91 Å². The first-order valence-corrected chi connectivity index (χ1v) is 10.1. The number of likely N-dealkylation sites (tertiary alicyclic amines) is 1. The number of hydrogen-bond acceptors (Lipinski definition) is 3. The molecule has 1 amide bonds. The van der Waals surface area contributed by atoms with Crippen molar-refractivity contribution in [3.63, 3.8) is 0 Å². The van der Waals surface area contributed by atoms with E-state index in [0.717, 1.165) is 49.3 Å². The average Bonchev–Trinajstić information content (AvgIpc) is 2.98. The van der Waals surface area contributed by atoms with Crippen molar-refractivity contribution in [3.8, 4) is 0 Å². The fraction of sp³-hybridized carbons (Fsp3) is 0.579. The molecule has 24 heavy (non-hydrogen) atoms. The summed E-state index contributed by atoms with van der Waals surface area (Å²) in [4.78, 5) is 19.2. The molecule has 1 aromatic heterocycles. The molecule has 130 valence electrons. The van der Waals surface area contributed by atoms with Crippen molar-refractivity contribution < 1.29 is 4.79 Å². The molecule has 0 N–H and O–H groups in total. The Bertz CT molecular complexity index is 706. The summed E-state index contributed by atoms with van der Waals surface area (Å²) >= 11 is 7.82. The van der Waals surface area contributed by atoms with Gasteiger partial charge in [-0.05, 0) is 37.0 Å². The predicted octanol–water partition coefficient (Wildman–Crippen LogP) is 5.48. The van der Waals surface area contributed by atoms with Gasteiger partial charge in [0.25, 0.3) is 0 Å². The van der Waals surface area contributed by atoms with E-state index < -0.39 is 0 Å². The fourth-order valence-electron chi connectivity index (χ4n) is 3.49. The molecule has 2 heterocycles. The van der Waals surface area contributed by atoms with Gasteiger partial charge < -0.3 is 4.90 Å². The molecule has 1 saturated heterocycles. The van der Waals surface area contributed by atoms with Gasteiger partial charge >= 0.3 is 0 Å². The lowest BCUT2D eigenvalue weighted by Gasteiger charge is -2.31. The average molecular weight is 365 g/mol. The van der Waals surface area contributed by atoms with E-state index >= 15 is 0 Å². The number of amides is 1. The lowest BCUT2D eigenvalue weighted by molar-refractivity contribution is -0.133. The summed E-state index contributed by atoms with van der Waals surface area (Å²) in [6.07, 6.45) is 5.01. The molecule has 1 aliphatic heterocycles. The van der Waals surface area contributed by atoms with Crippen molar-refractivity contribution >= 4 is 39.1 Å². The SMILES string of the molecule is CCCC(C)CC(=O)N1CCC(c2nc3cc(Cl)ccc3s2)CC1. The Balaban J connectivity index is 1.58. The molecule has 0 bridgehead atoms. The number of thiazole rings is 1. The quantitative estimate of drug-likeness (QED) is 0.703. The molecule has 1 unspecified atom stereocenters. The molecule has 1 aromatic carbocycles. The Labute approximate surface area is 153 Å². The van der Waals surface area contributed by atoms with Crippen LogP contribution in [0.4, 0.5) is 0 Å². The zero-order valence-electron chi connectivity index (χ0n) is 14.4. The number of carbonyl (C=O) groups excluding carboxylic acids is 1. The Kier molecular flexibility index (Phi) is 5.77. The van der Waals surface area contributed by atoms with Gasteiger partial charge in [-0.2, -0.15) is 0 Å². The Hall–Kier alpha value is -1.13. The maximum atomic E-state index is 12.4. The van der Waals surface area contributed by atoms with Crippen LogP contribution in [0.5, 0.6) is 0 Å². The molecular weight excluding hydrogens is 340 g/mol. The second-order valence-electron chi connectivity index (χ2n) is 6.92. The van der Waals surface area contributed by atoms with Gasteiger partial charge in [-0.15, -0.1) is 11.3 Å².